The van der Waals surface area contributed by atoms with Crippen LogP contribution in [0.5, 0.6) is 0 Å². The van der Waals surface area contributed by atoms with Gasteiger partial charge in [0.2, 0.25) is 5.91 Å². The second kappa shape index (κ2) is 7.18. The molecule has 0 bridgehead atoms. The average molecular weight is 319 g/mol. The highest BCUT2D eigenvalue weighted by Crippen LogP contribution is 2.33. The Labute approximate surface area is 135 Å². The second-order valence-corrected chi connectivity index (χ2v) is 6.85. The SMILES string of the molecule is O=C(CN1CCCCCC1=O)OC1CSCc2ccccc21. The Morgan fingerprint density at radius 1 is 1.27 bits per heavy atom. The van der Waals surface area contributed by atoms with Gasteiger partial charge in [-0.25, -0.2) is 0 Å². The van der Waals surface area contributed by atoms with Crippen LogP contribution in [-0.4, -0.2) is 35.6 Å². The molecule has 5 heteroatoms. The van der Waals surface area contributed by atoms with Crippen molar-refractivity contribution in [1.82, 2.24) is 4.90 Å². The minimum atomic E-state index is -0.294. The van der Waals surface area contributed by atoms with Gasteiger partial charge < -0.3 is 9.64 Å². The number of fused-ring (bicyclic) bond motifs is 1. The van der Waals surface area contributed by atoms with Crippen LogP contribution >= 0.6 is 11.8 Å². The summed E-state index contributed by atoms with van der Waals surface area (Å²) in [6.45, 7) is 0.756. The maximum atomic E-state index is 12.2. The molecule has 2 aliphatic heterocycles. The number of rotatable bonds is 3. The molecule has 2 heterocycles. The zero-order valence-electron chi connectivity index (χ0n) is 12.6. The summed E-state index contributed by atoms with van der Waals surface area (Å²) < 4.78 is 5.66. The molecule has 1 unspecified atom stereocenters. The van der Waals surface area contributed by atoms with Crippen molar-refractivity contribution in [3.63, 3.8) is 0 Å². The molecule has 1 saturated heterocycles. The third-order valence-electron chi connectivity index (χ3n) is 4.19. The summed E-state index contributed by atoms with van der Waals surface area (Å²) in [7, 11) is 0. The molecule has 0 radical (unpaired) electrons. The standard InChI is InChI=1S/C17H21NO3S/c19-16-8-2-1-5-9-18(16)10-17(20)21-15-12-22-11-13-6-3-4-7-14(13)15/h3-4,6-7,15H,1-2,5,8-12H2. The van der Waals surface area contributed by atoms with E-state index in [-0.39, 0.29) is 24.5 Å². The van der Waals surface area contributed by atoms with Crippen LogP contribution in [0.25, 0.3) is 0 Å². The number of hydrogen-bond donors (Lipinski definition) is 0. The fourth-order valence-corrected chi connectivity index (χ4v) is 4.06. The highest BCUT2D eigenvalue weighted by atomic mass is 32.2. The van der Waals surface area contributed by atoms with Gasteiger partial charge in [0.25, 0.3) is 0 Å². The lowest BCUT2D eigenvalue weighted by atomic mass is 10.0. The summed E-state index contributed by atoms with van der Waals surface area (Å²) in [5.74, 6) is 1.54. The minimum absolute atomic E-state index is 0.0767. The summed E-state index contributed by atoms with van der Waals surface area (Å²) in [6.07, 6.45) is 3.32. The van der Waals surface area contributed by atoms with E-state index in [1.165, 1.54) is 5.56 Å². The lowest BCUT2D eigenvalue weighted by Gasteiger charge is -2.26. The van der Waals surface area contributed by atoms with Gasteiger partial charge in [0, 0.05) is 24.5 Å². The molecule has 1 aromatic rings. The molecule has 0 N–H and O–H groups in total. The maximum absolute atomic E-state index is 12.2. The highest BCUT2D eigenvalue weighted by molar-refractivity contribution is 7.98. The van der Waals surface area contributed by atoms with Gasteiger partial charge in [-0.3, -0.25) is 9.59 Å². The van der Waals surface area contributed by atoms with Crippen molar-refractivity contribution in [3.8, 4) is 0 Å². The van der Waals surface area contributed by atoms with Crippen molar-refractivity contribution in [2.24, 2.45) is 0 Å². The smallest absolute Gasteiger partial charge is 0.326 e. The number of ether oxygens (including phenoxy) is 1. The summed E-state index contributed by atoms with van der Waals surface area (Å²) >= 11 is 1.78. The van der Waals surface area contributed by atoms with Gasteiger partial charge >= 0.3 is 5.97 Å². The normalized spacial score (nSPS) is 21.9. The summed E-state index contributed by atoms with van der Waals surface area (Å²) in [5, 5.41) is 0. The Morgan fingerprint density at radius 3 is 3.05 bits per heavy atom. The Balaban J connectivity index is 1.61. The fraction of sp³-hybridized carbons (Fsp3) is 0.529. The molecule has 4 nitrogen and oxygen atoms in total. The molecule has 3 rings (SSSR count). The number of hydrogen-bond acceptors (Lipinski definition) is 4. The molecule has 1 amide bonds. The number of amides is 1. The molecule has 0 aromatic heterocycles. The van der Waals surface area contributed by atoms with Crippen LogP contribution in [0.1, 0.15) is 42.9 Å². The summed E-state index contributed by atoms with van der Waals surface area (Å²) in [6, 6.07) is 8.11. The van der Waals surface area contributed by atoms with E-state index in [1.54, 1.807) is 16.7 Å². The van der Waals surface area contributed by atoms with Crippen LogP contribution in [0.2, 0.25) is 0 Å². The van der Waals surface area contributed by atoms with Crippen molar-refractivity contribution < 1.29 is 14.3 Å². The average Bonchev–Trinajstić information content (AvgIpc) is 2.73. The largest absolute Gasteiger partial charge is 0.455 e. The van der Waals surface area contributed by atoms with E-state index in [0.29, 0.717) is 13.0 Å². The van der Waals surface area contributed by atoms with E-state index >= 15 is 0 Å². The van der Waals surface area contributed by atoms with Crippen LogP contribution in [0, 0.1) is 0 Å². The van der Waals surface area contributed by atoms with Crippen molar-refractivity contribution in [2.45, 2.75) is 37.5 Å². The molecule has 22 heavy (non-hydrogen) atoms. The van der Waals surface area contributed by atoms with Gasteiger partial charge in [0.1, 0.15) is 12.6 Å². The van der Waals surface area contributed by atoms with Crippen molar-refractivity contribution in [3.05, 3.63) is 35.4 Å². The molecule has 1 fully saturated rings. The molecule has 1 atom stereocenters. The maximum Gasteiger partial charge on any atom is 0.326 e. The molecule has 1 aromatic carbocycles. The number of esters is 1. The number of nitrogens with zero attached hydrogens (tertiary/aromatic N) is 1. The summed E-state index contributed by atoms with van der Waals surface area (Å²) in [5.41, 5.74) is 2.35. The number of carbonyl (C=O) groups excluding carboxylic acids is 2. The Bertz CT molecular complexity index is 561. The van der Waals surface area contributed by atoms with Crippen LogP contribution in [0.4, 0.5) is 0 Å². The Morgan fingerprint density at radius 2 is 2.14 bits per heavy atom. The van der Waals surface area contributed by atoms with E-state index in [4.69, 9.17) is 4.74 Å². The van der Waals surface area contributed by atoms with Crippen LogP contribution in [0.3, 0.4) is 0 Å². The van der Waals surface area contributed by atoms with E-state index in [0.717, 1.165) is 36.3 Å². The molecule has 0 aliphatic carbocycles. The minimum Gasteiger partial charge on any atom is -0.455 e. The van der Waals surface area contributed by atoms with Gasteiger partial charge in [0.05, 0.1) is 0 Å². The number of benzene rings is 1. The Hall–Kier alpha value is -1.49. The molecular formula is C17H21NO3S. The zero-order chi connectivity index (χ0) is 15.4. The third kappa shape index (κ3) is 3.64. The van der Waals surface area contributed by atoms with Crippen LogP contribution in [0.15, 0.2) is 24.3 Å². The summed E-state index contributed by atoms with van der Waals surface area (Å²) in [4.78, 5) is 25.8. The van der Waals surface area contributed by atoms with E-state index in [9.17, 15) is 9.59 Å². The zero-order valence-corrected chi connectivity index (χ0v) is 13.4. The molecule has 0 spiro atoms. The molecule has 2 aliphatic rings. The van der Waals surface area contributed by atoms with Crippen molar-refractivity contribution in [1.29, 1.82) is 0 Å². The molecule has 118 valence electrons. The monoisotopic (exact) mass is 319 g/mol. The van der Waals surface area contributed by atoms with Crippen LogP contribution < -0.4 is 0 Å². The van der Waals surface area contributed by atoms with Gasteiger partial charge in [-0.05, 0) is 24.0 Å². The predicted molar refractivity (Wildman–Crippen MR) is 86.5 cm³/mol. The number of likely N-dealkylation sites (tertiary alicyclic amines) is 1. The topological polar surface area (TPSA) is 46.6 Å². The van der Waals surface area contributed by atoms with Crippen LogP contribution in [-0.2, 0) is 20.1 Å². The van der Waals surface area contributed by atoms with Gasteiger partial charge in [0.15, 0.2) is 0 Å². The van der Waals surface area contributed by atoms with E-state index in [2.05, 4.69) is 6.07 Å². The first-order valence-electron chi connectivity index (χ1n) is 7.87. The highest BCUT2D eigenvalue weighted by Gasteiger charge is 2.26. The van der Waals surface area contributed by atoms with Gasteiger partial charge in [-0.2, -0.15) is 11.8 Å². The number of thioether (sulfide) groups is 1. The van der Waals surface area contributed by atoms with E-state index < -0.39 is 0 Å². The first-order valence-corrected chi connectivity index (χ1v) is 9.02. The second-order valence-electron chi connectivity index (χ2n) is 5.82. The quantitative estimate of drug-likeness (QED) is 0.804. The fourth-order valence-electron chi connectivity index (χ4n) is 3.00. The lowest BCUT2D eigenvalue weighted by Crippen LogP contribution is -2.36. The molecular weight excluding hydrogens is 298 g/mol. The van der Waals surface area contributed by atoms with Gasteiger partial charge in [-0.15, -0.1) is 0 Å². The molecule has 0 saturated carbocycles. The predicted octanol–water partition coefficient (Wildman–Crippen LogP) is 2.92. The van der Waals surface area contributed by atoms with Crippen molar-refractivity contribution in [2.75, 3.05) is 18.8 Å². The Kier molecular flexibility index (Phi) is 5.03. The van der Waals surface area contributed by atoms with Crippen molar-refractivity contribution >= 4 is 23.6 Å². The van der Waals surface area contributed by atoms with Gasteiger partial charge in [-0.1, -0.05) is 30.7 Å². The number of carbonyl (C=O) groups is 2. The third-order valence-corrected chi connectivity index (χ3v) is 5.25. The van der Waals surface area contributed by atoms with E-state index in [1.807, 2.05) is 18.2 Å². The lowest BCUT2D eigenvalue weighted by molar-refractivity contribution is -0.153. The first-order chi connectivity index (χ1) is 10.7. The first kappa shape index (κ1) is 15.4.